The molecule has 3 amide bonds. The number of nitrogens with zero attached hydrogens (tertiary/aromatic N) is 3. The molecule has 31 heavy (non-hydrogen) atoms. The van der Waals surface area contributed by atoms with Crippen molar-refractivity contribution in [3.8, 4) is 0 Å². The first-order valence-corrected chi connectivity index (χ1v) is 11.1. The highest BCUT2D eigenvalue weighted by molar-refractivity contribution is 6.07. The minimum atomic E-state index is -0.729. The molecule has 0 aliphatic carbocycles. The molecule has 0 bridgehead atoms. The molecule has 0 atom stereocenters. The fourth-order valence-corrected chi connectivity index (χ4v) is 4.76. The summed E-state index contributed by atoms with van der Waals surface area (Å²) in [5.41, 5.74) is 1.72. The lowest BCUT2D eigenvalue weighted by molar-refractivity contribution is -0.136. The zero-order valence-electron chi connectivity index (χ0n) is 18.2. The molecule has 2 heterocycles. The highest BCUT2D eigenvalue weighted by atomic mass is 16.5. The molecule has 164 valence electrons. The van der Waals surface area contributed by atoms with E-state index in [1.807, 2.05) is 29.2 Å². The Morgan fingerprint density at radius 1 is 0.871 bits per heavy atom. The van der Waals surface area contributed by atoms with E-state index < -0.39 is 5.54 Å². The van der Waals surface area contributed by atoms with Gasteiger partial charge in [0.15, 0.2) is 0 Å². The molecule has 2 fully saturated rings. The van der Waals surface area contributed by atoms with Crippen LogP contribution in [0.25, 0.3) is 0 Å². The van der Waals surface area contributed by atoms with Crippen molar-refractivity contribution in [2.24, 2.45) is 0 Å². The number of imide groups is 1. The molecule has 2 aromatic rings. The van der Waals surface area contributed by atoms with Crippen molar-refractivity contribution < 1.29 is 14.3 Å². The first-order chi connectivity index (χ1) is 15.1. The quantitative estimate of drug-likeness (QED) is 0.615. The molecule has 0 aromatic heterocycles. The van der Waals surface area contributed by atoms with Gasteiger partial charge in [-0.25, -0.2) is 4.79 Å². The fourth-order valence-electron chi connectivity index (χ4n) is 4.76. The zero-order valence-corrected chi connectivity index (χ0v) is 18.2. The van der Waals surface area contributed by atoms with E-state index in [1.54, 1.807) is 7.11 Å². The maximum atomic E-state index is 13.5. The average molecular weight is 422 g/mol. The van der Waals surface area contributed by atoms with Gasteiger partial charge in [-0.05, 0) is 30.4 Å². The molecule has 0 N–H and O–H groups in total. The van der Waals surface area contributed by atoms with Crippen LogP contribution in [0.15, 0.2) is 60.7 Å². The second kappa shape index (κ2) is 9.62. The third-order valence-electron chi connectivity index (χ3n) is 6.54. The second-order valence-electron chi connectivity index (χ2n) is 8.41. The van der Waals surface area contributed by atoms with Crippen LogP contribution < -0.4 is 0 Å². The summed E-state index contributed by atoms with van der Waals surface area (Å²) in [5, 5.41) is 0. The predicted molar refractivity (Wildman–Crippen MR) is 120 cm³/mol. The van der Waals surface area contributed by atoms with Gasteiger partial charge in [0.1, 0.15) is 5.54 Å². The first kappa shape index (κ1) is 21.5. The number of ether oxygens (including phenoxy) is 1. The topological polar surface area (TPSA) is 53.1 Å². The summed E-state index contributed by atoms with van der Waals surface area (Å²) in [6.07, 6.45) is 2.08. The summed E-state index contributed by atoms with van der Waals surface area (Å²) in [4.78, 5) is 32.4. The van der Waals surface area contributed by atoms with Gasteiger partial charge in [0, 0.05) is 33.3 Å². The molecular weight excluding hydrogens is 390 g/mol. The Labute approximate surface area is 184 Å². The van der Waals surface area contributed by atoms with Gasteiger partial charge in [-0.2, -0.15) is 0 Å². The van der Waals surface area contributed by atoms with Gasteiger partial charge >= 0.3 is 6.03 Å². The number of likely N-dealkylation sites (tertiary alicyclic amines) is 1. The number of urea groups is 1. The number of amides is 3. The highest BCUT2D eigenvalue weighted by Gasteiger charge is 2.57. The van der Waals surface area contributed by atoms with E-state index in [1.165, 1.54) is 16.0 Å². The smallest absolute Gasteiger partial charge is 0.327 e. The standard InChI is InChI=1S/C25H31N3O3/c1-31-19-18-27-23(29)25(28(24(27)30)15-12-21-8-4-2-5-9-21)13-16-26(17-14-25)20-22-10-6-3-7-11-22/h2-11H,12-20H2,1H3. The summed E-state index contributed by atoms with van der Waals surface area (Å²) in [6, 6.07) is 20.4. The van der Waals surface area contributed by atoms with E-state index in [0.717, 1.165) is 26.1 Å². The third-order valence-corrected chi connectivity index (χ3v) is 6.54. The minimum Gasteiger partial charge on any atom is -0.383 e. The molecule has 2 aromatic carbocycles. The maximum Gasteiger partial charge on any atom is 0.327 e. The van der Waals surface area contributed by atoms with Gasteiger partial charge < -0.3 is 9.64 Å². The van der Waals surface area contributed by atoms with Crippen LogP contribution in [0.1, 0.15) is 24.0 Å². The molecule has 0 unspecified atom stereocenters. The lowest BCUT2D eigenvalue weighted by atomic mass is 9.85. The van der Waals surface area contributed by atoms with Gasteiger partial charge in [0.25, 0.3) is 5.91 Å². The van der Waals surface area contributed by atoms with Crippen LogP contribution in [0, 0.1) is 0 Å². The molecule has 2 saturated heterocycles. The second-order valence-corrected chi connectivity index (χ2v) is 8.41. The Kier molecular flexibility index (Phi) is 6.68. The number of carbonyl (C=O) groups is 2. The Balaban J connectivity index is 1.49. The van der Waals surface area contributed by atoms with E-state index in [0.29, 0.717) is 32.5 Å². The van der Waals surface area contributed by atoms with Gasteiger partial charge in [0.2, 0.25) is 0 Å². The first-order valence-electron chi connectivity index (χ1n) is 11.1. The Hall–Kier alpha value is -2.70. The zero-order chi connectivity index (χ0) is 21.7. The van der Waals surface area contributed by atoms with Crippen molar-refractivity contribution in [3.63, 3.8) is 0 Å². The van der Waals surface area contributed by atoms with Crippen LogP contribution in [-0.4, -0.2) is 72.1 Å². The number of benzene rings is 2. The van der Waals surface area contributed by atoms with E-state index in [9.17, 15) is 9.59 Å². The maximum absolute atomic E-state index is 13.5. The predicted octanol–water partition coefficient (Wildman–Crippen LogP) is 3.17. The molecule has 6 nitrogen and oxygen atoms in total. The number of rotatable bonds is 8. The summed E-state index contributed by atoms with van der Waals surface area (Å²) in [6.45, 7) is 3.70. The highest BCUT2D eigenvalue weighted by Crippen LogP contribution is 2.37. The van der Waals surface area contributed by atoms with Gasteiger partial charge in [-0.1, -0.05) is 60.7 Å². The number of piperidine rings is 1. The number of carbonyl (C=O) groups excluding carboxylic acids is 2. The molecule has 1 spiro atoms. The van der Waals surface area contributed by atoms with Gasteiger partial charge in [0.05, 0.1) is 13.2 Å². The van der Waals surface area contributed by atoms with E-state index in [2.05, 4.69) is 41.3 Å². The largest absolute Gasteiger partial charge is 0.383 e. The third kappa shape index (κ3) is 4.50. The number of hydrogen-bond acceptors (Lipinski definition) is 4. The van der Waals surface area contributed by atoms with E-state index in [4.69, 9.17) is 4.74 Å². The lowest BCUT2D eigenvalue weighted by Gasteiger charge is -2.42. The molecule has 6 heteroatoms. The van der Waals surface area contributed by atoms with Gasteiger partial charge in [-0.3, -0.25) is 14.6 Å². The summed E-state index contributed by atoms with van der Waals surface area (Å²) < 4.78 is 5.15. The van der Waals surface area contributed by atoms with Crippen molar-refractivity contribution in [2.75, 3.05) is 39.9 Å². The van der Waals surface area contributed by atoms with E-state index in [-0.39, 0.29) is 11.9 Å². The van der Waals surface area contributed by atoms with Crippen LogP contribution in [0.5, 0.6) is 0 Å². The van der Waals surface area contributed by atoms with Crippen molar-refractivity contribution in [1.82, 2.24) is 14.7 Å². The van der Waals surface area contributed by atoms with Crippen LogP contribution in [-0.2, 0) is 22.5 Å². The lowest BCUT2D eigenvalue weighted by Crippen LogP contribution is -2.56. The summed E-state index contributed by atoms with van der Waals surface area (Å²) >= 11 is 0. The number of methoxy groups -OCH3 is 1. The van der Waals surface area contributed by atoms with Crippen LogP contribution >= 0.6 is 0 Å². The monoisotopic (exact) mass is 421 g/mol. The molecule has 2 aliphatic heterocycles. The van der Waals surface area contributed by atoms with Crippen LogP contribution in [0.3, 0.4) is 0 Å². The van der Waals surface area contributed by atoms with Crippen LogP contribution in [0.4, 0.5) is 4.79 Å². The molecule has 0 radical (unpaired) electrons. The summed E-state index contributed by atoms with van der Waals surface area (Å²) in [5.74, 6) is -0.0537. The molecule has 4 rings (SSSR count). The normalized spacial score (nSPS) is 18.9. The van der Waals surface area contributed by atoms with Crippen molar-refractivity contribution in [2.45, 2.75) is 31.3 Å². The van der Waals surface area contributed by atoms with Crippen molar-refractivity contribution in [3.05, 3.63) is 71.8 Å². The average Bonchev–Trinajstić information content (AvgIpc) is 2.99. The Morgan fingerprint density at radius 3 is 2.10 bits per heavy atom. The molecule has 0 saturated carbocycles. The minimum absolute atomic E-state index is 0.0537. The van der Waals surface area contributed by atoms with Crippen LogP contribution in [0.2, 0.25) is 0 Å². The van der Waals surface area contributed by atoms with Crippen molar-refractivity contribution >= 4 is 11.9 Å². The fraction of sp³-hybridized carbons (Fsp3) is 0.440. The molecular formula is C25H31N3O3. The summed E-state index contributed by atoms with van der Waals surface area (Å²) in [7, 11) is 1.59. The Bertz CT molecular complexity index is 879. The van der Waals surface area contributed by atoms with Gasteiger partial charge in [-0.15, -0.1) is 0 Å². The van der Waals surface area contributed by atoms with E-state index >= 15 is 0 Å². The molecule has 2 aliphatic rings. The Morgan fingerprint density at radius 2 is 1.48 bits per heavy atom. The SMILES string of the molecule is COCCN1C(=O)N(CCc2ccccc2)C2(CCN(Cc3ccccc3)CC2)C1=O. The van der Waals surface area contributed by atoms with Crippen molar-refractivity contribution in [1.29, 1.82) is 0 Å². The number of hydrogen-bond donors (Lipinski definition) is 0.